The summed E-state index contributed by atoms with van der Waals surface area (Å²) in [6, 6.07) is 0.426. The number of likely N-dealkylation sites (N-methyl/N-ethyl adjacent to an activating group) is 1. The monoisotopic (exact) mass is 286 g/mol. The molecule has 0 bridgehead atoms. The van der Waals surface area contributed by atoms with Crippen molar-refractivity contribution in [3.8, 4) is 0 Å². The number of aromatic amines is 1. The highest BCUT2D eigenvalue weighted by molar-refractivity contribution is 9.10. The third-order valence-corrected chi connectivity index (χ3v) is 3.58. The Bertz CT molecular complexity index is 420. The normalized spacial score (nSPS) is 20.4. The molecule has 2 rings (SSSR count). The van der Waals surface area contributed by atoms with Gasteiger partial charge in [-0.05, 0) is 35.8 Å². The molecular formula is C10H15BrN4O. The van der Waals surface area contributed by atoms with Crippen LogP contribution >= 0.6 is 15.9 Å². The molecule has 0 amide bonds. The summed E-state index contributed by atoms with van der Waals surface area (Å²) in [6.45, 7) is 1.88. The Kier molecular flexibility index (Phi) is 3.60. The Morgan fingerprint density at radius 1 is 1.75 bits per heavy atom. The molecule has 1 atom stereocenters. The van der Waals surface area contributed by atoms with Gasteiger partial charge in [0.2, 0.25) is 0 Å². The molecule has 6 heteroatoms. The van der Waals surface area contributed by atoms with E-state index in [1.165, 1.54) is 6.33 Å². The van der Waals surface area contributed by atoms with Crippen molar-refractivity contribution < 1.29 is 0 Å². The van der Waals surface area contributed by atoms with E-state index in [1.54, 1.807) is 0 Å². The lowest BCUT2D eigenvalue weighted by Gasteiger charge is -2.25. The van der Waals surface area contributed by atoms with E-state index in [-0.39, 0.29) is 5.56 Å². The van der Waals surface area contributed by atoms with Gasteiger partial charge in [-0.3, -0.25) is 4.79 Å². The van der Waals surface area contributed by atoms with E-state index in [9.17, 15) is 4.79 Å². The minimum Gasteiger partial charge on any atom is -0.351 e. The molecule has 16 heavy (non-hydrogen) atoms. The molecule has 1 fully saturated rings. The van der Waals surface area contributed by atoms with Crippen molar-refractivity contribution in [2.45, 2.75) is 18.9 Å². The minimum atomic E-state index is -0.125. The molecule has 1 saturated heterocycles. The minimum absolute atomic E-state index is 0.125. The fourth-order valence-electron chi connectivity index (χ4n) is 2.14. The lowest BCUT2D eigenvalue weighted by molar-refractivity contribution is 0.610. The molecule has 1 aliphatic rings. The lowest BCUT2D eigenvalue weighted by Crippen LogP contribution is -2.38. The first-order chi connectivity index (χ1) is 7.74. The van der Waals surface area contributed by atoms with Crippen LogP contribution in [-0.2, 0) is 0 Å². The second-order valence-corrected chi connectivity index (χ2v) is 4.71. The van der Waals surface area contributed by atoms with Crippen LogP contribution in [0.15, 0.2) is 15.6 Å². The van der Waals surface area contributed by atoms with E-state index >= 15 is 0 Å². The van der Waals surface area contributed by atoms with Crippen molar-refractivity contribution in [2.75, 3.05) is 25.0 Å². The van der Waals surface area contributed by atoms with Gasteiger partial charge >= 0.3 is 0 Å². The molecule has 1 aromatic rings. The predicted molar refractivity (Wildman–Crippen MR) is 66.9 cm³/mol. The molecule has 1 aromatic heterocycles. The summed E-state index contributed by atoms with van der Waals surface area (Å²) in [5.74, 6) is 0.751. The molecular weight excluding hydrogens is 272 g/mol. The Balaban J connectivity index is 2.29. The molecule has 0 aromatic carbocycles. The number of hydrogen-bond donors (Lipinski definition) is 2. The van der Waals surface area contributed by atoms with Gasteiger partial charge in [-0.25, -0.2) is 4.98 Å². The third-order valence-electron chi connectivity index (χ3n) is 2.87. The van der Waals surface area contributed by atoms with Crippen LogP contribution < -0.4 is 15.8 Å². The van der Waals surface area contributed by atoms with Crippen LogP contribution in [0.1, 0.15) is 12.8 Å². The number of anilines is 1. The van der Waals surface area contributed by atoms with Gasteiger partial charge in [-0.1, -0.05) is 0 Å². The highest BCUT2D eigenvalue weighted by Gasteiger charge is 2.27. The van der Waals surface area contributed by atoms with Crippen molar-refractivity contribution in [1.82, 2.24) is 15.3 Å². The summed E-state index contributed by atoms with van der Waals surface area (Å²) in [5.41, 5.74) is -0.125. The van der Waals surface area contributed by atoms with Crippen molar-refractivity contribution in [3.63, 3.8) is 0 Å². The quantitative estimate of drug-likeness (QED) is 0.860. The van der Waals surface area contributed by atoms with Crippen LogP contribution in [0.2, 0.25) is 0 Å². The fraction of sp³-hybridized carbons (Fsp3) is 0.600. The average molecular weight is 287 g/mol. The average Bonchev–Trinajstić information content (AvgIpc) is 2.71. The number of aromatic nitrogens is 2. The number of H-pyrrole nitrogens is 1. The molecule has 1 unspecified atom stereocenters. The molecule has 2 N–H and O–H groups in total. The Morgan fingerprint density at radius 2 is 2.56 bits per heavy atom. The topological polar surface area (TPSA) is 61.0 Å². The first-order valence-corrected chi connectivity index (χ1v) is 6.17. The van der Waals surface area contributed by atoms with E-state index in [0.29, 0.717) is 10.5 Å². The number of rotatable bonds is 3. The molecule has 0 aliphatic carbocycles. The fourth-order valence-corrected chi connectivity index (χ4v) is 2.58. The van der Waals surface area contributed by atoms with E-state index < -0.39 is 0 Å². The van der Waals surface area contributed by atoms with Crippen LogP contribution in [0.25, 0.3) is 0 Å². The zero-order valence-corrected chi connectivity index (χ0v) is 10.7. The van der Waals surface area contributed by atoms with Gasteiger partial charge in [0, 0.05) is 19.1 Å². The summed E-state index contributed by atoms with van der Waals surface area (Å²) in [4.78, 5) is 20.5. The van der Waals surface area contributed by atoms with Crippen molar-refractivity contribution in [1.29, 1.82) is 0 Å². The second-order valence-electron chi connectivity index (χ2n) is 3.92. The van der Waals surface area contributed by atoms with Crippen LogP contribution in [0.4, 0.5) is 5.82 Å². The van der Waals surface area contributed by atoms with Gasteiger partial charge in [0.25, 0.3) is 5.56 Å². The Morgan fingerprint density at radius 3 is 3.31 bits per heavy atom. The van der Waals surface area contributed by atoms with Gasteiger partial charge in [0.15, 0.2) is 5.82 Å². The molecule has 88 valence electrons. The smallest absolute Gasteiger partial charge is 0.267 e. The van der Waals surface area contributed by atoms with Crippen molar-refractivity contribution >= 4 is 21.7 Å². The second kappa shape index (κ2) is 4.97. The number of halogens is 1. The summed E-state index contributed by atoms with van der Waals surface area (Å²) in [7, 11) is 1.94. The van der Waals surface area contributed by atoms with Gasteiger partial charge in [0.1, 0.15) is 4.47 Å². The zero-order valence-electron chi connectivity index (χ0n) is 9.16. The number of nitrogens with one attached hydrogen (secondary N) is 2. The number of hydrogen-bond acceptors (Lipinski definition) is 4. The first kappa shape index (κ1) is 11.6. The van der Waals surface area contributed by atoms with Crippen molar-refractivity contribution in [3.05, 3.63) is 21.2 Å². The van der Waals surface area contributed by atoms with E-state index in [0.717, 1.165) is 31.7 Å². The lowest BCUT2D eigenvalue weighted by atomic mass is 10.2. The van der Waals surface area contributed by atoms with E-state index in [1.807, 2.05) is 7.05 Å². The first-order valence-electron chi connectivity index (χ1n) is 5.38. The van der Waals surface area contributed by atoms with E-state index in [2.05, 4.69) is 36.1 Å². The highest BCUT2D eigenvalue weighted by Crippen LogP contribution is 2.27. The Hall–Kier alpha value is -0.880. The number of nitrogens with zero attached hydrogens (tertiary/aromatic N) is 2. The van der Waals surface area contributed by atoms with Gasteiger partial charge < -0.3 is 15.2 Å². The largest absolute Gasteiger partial charge is 0.351 e. The predicted octanol–water partition coefficient (Wildman–Crippen LogP) is 0.721. The summed E-state index contributed by atoms with van der Waals surface area (Å²) in [5, 5.41) is 3.17. The summed E-state index contributed by atoms with van der Waals surface area (Å²) < 4.78 is 0.526. The van der Waals surface area contributed by atoms with Gasteiger partial charge in [-0.2, -0.15) is 0 Å². The molecule has 0 saturated carbocycles. The highest BCUT2D eigenvalue weighted by atomic mass is 79.9. The summed E-state index contributed by atoms with van der Waals surface area (Å²) in [6.07, 6.45) is 3.74. The standard InChI is InChI=1S/C10H15BrN4O/c1-12-5-7-3-2-4-15(7)9-8(11)10(16)14-6-13-9/h6-7,12H,2-5H2,1H3,(H,13,14,16). The van der Waals surface area contributed by atoms with Crippen molar-refractivity contribution in [2.24, 2.45) is 0 Å². The SMILES string of the molecule is CNCC1CCCN1c1nc[nH]c(=O)c1Br. The molecule has 0 spiro atoms. The van der Waals surface area contributed by atoms with Gasteiger partial charge in [0.05, 0.1) is 6.33 Å². The molecule has 0 radical (unpaired) electrons. The van der Waals surface area contributed by atoms with E-state index in [4.69, 9.17) is 0 Å². The summed E-state index contributed by atoms with van der Waals surface area (Å²) >= 11 is 3.30. The Labute approximate surface area is 102 Å². The maximum atomic E-state index is 11.5. The molecule has 2 heterocycles. The molecule has 5 nitrogen and oxygen atoms in total. The van der Waals surface area contributed by atoms with Crippen LogP contribution in [0.3, 0.4) is 0 Å². The van der Waals surface area contributed by atoms with Crippen LogP contribution in [0, 0.1) is 0 Å². The molecule has 1 aliphatic heterocycles. The van der Waals surface area contributed by atoms with Crippen LogP contribution in [0.5, 0.6) is 0 Å². The van der Waals surface area contributed by atoms with Crippen LogP contribution in [-0.4, -0.2) is 36.1 Å². The third kappa shape index (κ3) is 2.12. The van der Waals surface area contributed by atoms with Gasteiger partial charge in [-0.15, -0.1) is 0 Å². The zero-order chi connectivity index (χ0) is 11.5. The maximum absolute atomic E-state index is 11.5. The maximum Gasteiger partial charge on any atom is 0.267 e.